The van der Waals surface area contributed by atoms with E-state index in [-0.39, 0.29) is 5.69 Å². The summed E-state index contributed by atoms with van der Waals surface area (Å²) in [6.45, 7) is 0.412. The predicted octanol–water partition coefficient (Wildman–Crippen LogP) is 3.79. The summed E-state index contributed by atoms with van der Waals surface area (Å²) in [5.41, 5.74) is 3.63. The second-order valence-electron chi connectivity index (χ2n) is 5.64. The van der Waals surface area contributed by atoms with E-state index in [0.29, 0.717) is 11.6 Å². The van der Waals surface area contributed by atoms with Crippen LogP contribution in [0.3, 0.4) is 0 Å². The van der Waals surface area contributed by atoms with E-state index >= 15 is 0 Å². The smallest absolute Gasteiger partial charge is 0.359 e. The number of thiazole rings is 1. The van der Waals surface area contributed by atoms with Crippen LogP contribution in [-0.4, -0.2) is 38.2 Å². The Morgan fingerprint density at radius 3 is 2.81 bits per heavy atom. The fourth-order valence-corrected chi connectivity index (χ4v) is 4.32. The maximum Gasteiger partial charge on any atom is 0.359 e. The molecule has 0 saturated carbocycles. The van der Waals surface area contributed by atoms with Gasteiger partial charge in [-0.1, -0.05) is 29.1 Å². The molecule has 0 atom stereocenters. The van der Waals surface area contributed by atoms with Crippen LogP contribution in [0.25, 0.3) is 10.2 Å². The van der Waals surface area contributed by atoms with Gasteiger partial charge in [-0.25, -0.2) is 14.5 Å². The van der Waals surface area contributed by atoms with Crippen LogP contribution >= 0.6 is 23.1 Å². The molecule has 0 radical (unpaired) electrons. The number of fused-ring (bicyclic) bond motifs is 1. The van der Waals surface area contributed by atoms with E-state index in [4.69, 9.17) is 4.74 Å². The van der Waals surface area contributed by atoms with E-state index in [9.17, 15) is 9.90 Å². The molecule has 27 heavy (non-hydrogen) atoms. The maximum absolute atomic E-state index is 11.6. The monoisotopic (exact) mass is 398 g/mol. The number of carbonyl (C=O) groups is 1. The molecule has 136 valence electrons. The van der Waals surface area contributed by atoms with Crippen LogP contribution < -0.4 is 4.74 Å². The standard InChI is InChI=1S/C18H14N4O3S2/c1-25-12-4-2-11(3-5-12)9-22-17(16(18(23)24)20-21-22)27-13-6-7-14-15(8-13)26-10-19-14/h2-8,10H,9H2,1H3,(H,23,24). The van der Waals surface area contributed by atoms with Gasteiger partial charge in [-0.3, -0.25) is 0 Å². The van der Waals surface area contributed by atoms with Crippen LogP contribution in [0, 0.1) is 0 Å². The molecule has 4 rings (SSSR count). The normalized spacial score (nSPS) is 11.0. The molecule has 0 bridgehead atoms. The molecule has 2 aromatic carbocycles. The van der Waals surface area contributed by atoms with Gasteiger partial charge in [0.1, 0.15) is 10.8 Å². The Labute approximate surface area is 162 Å². The predicted molar refractivity (Wildman–Crippen MR) is 103 cm³/mol. The van der Waals surface area contributed by atoms with Crippen molar-refractivity contribution in [3.05, 3.63) is 59.2 Å². The van der Waals surface area contributed by atoms with Gasteiger partial charge < -0.3 is 9.84 Å². The number of rotatable bonds is 6. The van der Waals surface area contributed by atoms with Crippen molar-refractivity contribution in [1.29, 1.82) is 0 Å². The van der Waals surface area contributed by atoms with Crippen LogP contribution in [-0.2, 0) is 6.54 Å². The van der Waals surface area contributed by atoms with Gasteiger partial charge in [0, 0.05) is 4.90 Å². The molecule has 1 N–H and O–H groups in total. The largest absolute Gasteiger partial charge is 0.497 e. The van der Waals surface area contributed by atoms with E-state index in [1.165, 1.54) is 11.8 Å². The van der Waals surface area contributed by atoms with Crippen LogP contribution in [0.15, 0.2) is 57.9 Å². The molecule has 4 aromatic rings. The first-order valence-electron chi connectivity index (χ1n) is 7.95. The molecule has 0 aliphatic rings. The number of carboxylic acid groups (broad SMARTS) is 1. The second kappa shape index (κ2) is 7.37. The molecule has 0 fully saturated rings. The maximum atomic E-state index is 11.6. The van der Waals surface area contributed by atoms with Gasteiger partial charge in [0.2, 0.25) is 5.69 Å². The van der Waals surface area contributed by atoms with Crippen molar-refractivity contribution in [3.8, 4) is 5.75 Å². The summed E-state index contributed by atoms with van der Waals surface area (Å²) in [7, 11) is 1.61. The quantitative estimate of drug-likeness (QED) is 0.528. The van der Waals surface area contributed by atoms with Gasteiger partial charge in [-0.05, 0) is 35.9 Å². The molecule has 0 saturated heterocycles. The molecule has 0 aliphatic heterocycles. The van der Waals surface area contributed by atoms with Gasteiger partial charge in [0.05, 0.1) is 29.4 Å². The summed E-state index contributed by atoms with van der Waals surface area (Å²) in [6.07, 6.45) is 0. The van der Waals surface area contributed by atoms with Gasteiger partial charge in [-0.2, -0.15) is 0 Å². The number of aromatic nitrogens is 4. The highest BCUT2D eigenvalue weighted by molar-refractivity contribution is 7.99. The lowest BCUT2D eigenvalue weighted by Crippen LogP contribution is -2.05. The van der Waals surface area contributed by atoms with Gasteiger partial charge in [0.25, 0.3) is 0 Å². The van der Waals surface area contributed by atoms with Gasteiger partial charge in [-0.15, -0.1) is 16.4 Å². The first-order chi connectivity index (χ1) is 13.1. The lowest BCUT2D eigenvalue weighted by atomic mass is 10.2. The van der Waals surface area contributed by atoms with Crippen LogP contribution in [0.2, 0.25) is 0 Å². The van der Waals surface area contributed by atoms with Gasteiger partial charge >= 0.3 is 5.97 Å². The van der Waals surface area contributed by atoms with E-state index in [1.807, 2.05) is 42.5 Å². The molecule has 2 aromatic heterocycles. The van der Waals surface area contributed by atoms with E-state index < -0.39 is 5.97 Å². The van der Waals surface area contributed by atoms with Crippen molar-refractivity contribution in [1.82, 2.24) is 20.0 Å². The number of methoxy groups -OCH3 is 1. The van der Waals surface area contributed by atoms with Crippen molar-refractivity contribution < 1.29 is 14.6 Å². The van der Waals surface area contributed by atoms with Crippen molar-refractivity contribution >= 4 is 39.3 Å². The Kier molecular flexibility index (Phi) is 4.78. The molecular formula is C18H14N4O3S2. The molecule has 9 heteroatoms. The number of aromatic carboxylic acids is 1. The number of hydrogen-bond acceptors (Lipinski definition) is 7. The summed E-state index contributed by atoms with van der Waals surface area (Å²) in [5, 5.41) is 17.9. The van der Waals surface area contributed by atoms with Crippen molar-refractivity contribution in [2.75, 3.05) is 7.11 Å². The fraction of sp³-hybridized carbons (Fsp3) is 0.111. The number of benzene rings is 2. The SMILES string of the molecule is COc1ccc(Cn2nnc(C(=O)O)c2Sc2ccc3ncsc3c2)cc1. The van der Waals surface area contributed by atoms with Crippen molar-refractivity contribution in [3.63, 3.8) is 0 Å². The molecule has 7 nitrogen and oxygen atoms in total. The highest BCUT2D eigenvalue weighted by Gasteiger charge is 2.20. The van der Waals surface area contributed by atoms with Crippen molar-refractivity contribution in [2.24, 2.45) is 0 Å². The summed E-state index contributed by atoms with van der Waals surface area (Å²) in [4.78, 5) is 16.8. The highest BCUT2D eigenvalue weighted by Crippen LogP contribution is 2.33. The first-order valence-corrected chi connectivity index (χ1v) is 9.64. The van der Waals surface area contributed by atoms with E-state index in [2.05, 4.69) is 15.3 Å². The molecular weight excluding hydrogens is 384 g/mol. The fourth-order valence-electron chi connectivity index (χ4n) is 2.56. The Morgan fingerprint density at radius 2 is 2.07 bits per heavy atom. The lowest BCUT2D eigenvalue weighted by molar-refractivity contribution is 0.0686. The third-order valence-electron chi connectivity index (χ3n) is 3.90. The molecule has 0 unspecified atom stereocenters. The average Bonchev–Trinajstić information content (AvgIpc) is 3.29. The molecule has 0 amide bonds. The topological polar surface area (TPSA) is 90.1 Å². The zero-order valence-corrected chi connectivity index (χ0v) is 15.8. The molecule has 2 heterocycles. The van der Waals surface area contributed by atoms with E-state index in [1.54, 1.807) is 28.6 Å². The van der Waals surface area contributed by atoms with Gasteiger partial charge in [0.15, 0.2) is 0 Å². The minimum Gasteiger partial charge on any atom is -0.497 e. The number of carboxylic acids is 1. The minimum absolute atomic E-state index is 0.0575. The van der Waals surface area contributed by atoms with Crippen LogP contribution in [0.4, 0.5) is 0 Å². The Hall–Kier alpha value is -2.91. The Morgan fingerprint density at radius 1 is 1.26 bits per heavy atom. The minimum atomic E-state index is -1.10. The molecule has 0 spiro atoms. The second-order valence-corrected chi connectivity index (χ2v) is 7.59. The highest BCUT2D eigenvalue weighted by atomic mass is 32.2. The zero-order chi connectivity index (χ0) is 18.8. The van der Waals surface area contributed by atoms with E-state index in [0.717, 1.165) is 26.4 Å². The number of ether oxygens (including phenoxy) is 1. The third kappa shape index (κ3) is 3.64. The van der Waals surface area contributed by atoms with Crippen LogP contribution in [0.5, 0.6) is 5.75 Å². The third-order valence-corrected chi connectivity index (χ3v) is 5.78. The number of nitrogens with zero attached hydrogens (tertiary/aromatic N) is 4. The van der Waals surface area contributed by atoms with Crippen molar-refractivity contribution in [2.45, 2.75) is 16.5 Å². The summed E-state index contributed by atoms with van der Waals surface area (Å²) in [5.74, 6) is -0.339. The van der Waals surface area contributed by atoms with Crippen LogP contribution in [0.1, 0.15) is 16.1 Å². The number of hydrogen-bond donors (Lipinski definition) is 1. The summed E-state index contributed by atoms with van der Waals surface area (Å²) in [6, 6.07) is 13.4. The summed E-state index contributed by atoms with van der Waals surface area (Å²) >= 11 is 2.88. The lowest BCUT2D eigenvalue weighted by Gasteiger charge is -2.08. The summed E-state index contributed by atoms with van der Waals surface area (Å²) < 4.78 is 7.82. The Bertz CT molecular complexity index is 1110. The first kappa shape index (κ1) is 17.5. The molecule has 0 aliphatic carbocycles. The zero-order valence-electron chi connectivity index (χ0n) is 14.2. The Balaban J connectivity index is 1.66. The average molecular weight is 398 g/mol.